The molecule has 192 valence electrons. The van der Waals surface area contributed by atoms with Gasteiger partial charge in [0.05, 0.1) is 19.9 Å². The lowest BCUT2D eigenvalue weighted by Gasteiger charge is -2.09. The van der Waals surface area contributed by atoms with Gasteiger partial charge in [0.15, 0.2) is 0 Å². The molecule has 0 saturated heterocycles. The summed E-state index contributed by atoms with van der Waals surface area (Å²) in [6.07, 6.45) is 5.12. The van der Waals surface area contributed by atoms with Gasteiger partial charge in [-0.2, -0.15) is 10.1 Å². The number of methoxy groups -OCH3 is 2. The average Bonchev–Trinajstić information content (AvgIpc) is 3.59. The first kappa shape index (κ1) is 24.5. The van der Waals surface area contributed by atoms with E-state index in [0.29, 0.717) is 51.8 Å². The highest BCUT2D eigenvalue weighted by molar-refractivity contribution is 6.03. The minimum absolute atomic E-state index is 0.307. The van der Waals surface area contributed by atoms with E-state index in [2.05, 4.69) is 25.4 Å². The number of hydrogen-bond acceptors (Lipinski definition) is 8. The minimum atomic E-state index is -0.307. The van der Waals surface area contributed by atoms with Crippen molar-refractivity contribution >= 4 is 11.6 Å². The van der Waals surface area contributed by atoms with Crippen LogP contribution in [0.25, 0.3) is 17.1 Å². The van der Waals surface area contributed by atoms with Crippen LogP contribution in [0.4, 0.5) is 5.69 Å². The number of aryl methyl sites for hydroxylation is 2. The van der Waals surface area contributed by atoms with Gasteiger partial charge in [0, 0.05) is 36.8 Å². The second-order valence-corrected chi connectivity index (χ2v) is 8.27. The number of benzene rings is 2. The summed E-state index contributed by atoms with van der Waals surface area (Å²) in [6.45, 7) is 1.79. The molecule has 0 unspecified atom stereocenters. The van der Waals surface area contributed by atoms with Gasteiger partial charge in [-0.1, -0.05) is 0 Å². The van der Waals surface area contributed by atoms with E-state index in [1.54, 1.807) is 100 Å². The SMILES string of the molecule is COc1ccc(OC)c(-c2cc(C(=O)Nc3ccc(Oc4cc(-n5ccnc5)nc(C)n4)cc3)n(C)n2)c1. The number of carbonyl (C=O) groups is 1. The molecule has 2 aromatic carbocycles. The van der Waals surface area contributed by atoms with Crippen molar-refractivity contribution in [3.63, 3.8) is 0 Å². The quantitative estimate of drug-likeness (QED) is 0.325. The first-order valence-electron chi connectivity index (χ1n) is 11.6. The van der Waals surface area contributed by atoms with Crippen LogP contribution in [0.15, 0.2) is 73.3 Å². The van der Waals surface area contributed by atoms with Crippen LogP contribution >= 0.6 is 0 Å². The number of nitrogens with one attached hydrogen (secondary N) is 1. The van der Waals surface area contributed by atoms with Crippen LogP contribution in [0.1, 0.15) is 16.3 Å². The van der Waals surface area contributed by atoms with Crippen LogP contribution in [0.5, 0.6) is 23.1 Å². The zero-order valence-corrected chi connectivity index (χ0v) is 21.2. The number of nitrogens with zero attached hydrogens (tertiary/aromatic N) is 6. The van der Waals surface area contributed by atoms with Gasteiger partial charge in [0.25, 0.3) is 5.91 Å². The van der Waals surface area contributed by atoms with Gasteiger partial charge in [0.2, 0.25) is 5.88 Å². The molecule has 1 amide bonds. The van der Waals surface area contributed by atoms with Crippen LogP contribution in [0, 0.1) is 6.92 Å². The van der Waals surface area contributed by atoms with Gasteiger partial charge in [0.1, 0.15) is 40.9 Å². The Bertz CT molecular complexity index is 1580. The Kier molecular flexibility index (Phi) is 6.72. The molecule has 5 rings (SSSR count). The third kappa shape index (κ3) is 5.16. The minimum Gasteiger partial charge on any atom is -0.497 e. The van der Waals surface area contributed by atoms with Crippen molar-refractivity contribution in [3.8, 4) is 40.2 Å². The van der Waals surface area contributed by atoms with E-state index < -0.39 is 0 Å². The van der Waals surface area contributed by atoms with Gasteiger partial charge in [-0.15, -0.1) is 0 Å². The Labute approximate surface area is 218 Å². The first-order valence-corrected chi connectivity index (χ1v) is 11.6. The zero-order valence-electron chi connectivity index (χ0n) is 21.2. The van der Waals surface area contributed by atoms with Crippen molar-refractivity contribution < 1.29 is 19.0 Å². The molecule has 0 aliphatic heterocycles. The molecule has 0 bridgehead atoms. The predicted octanol–water partition coefficient (Wildman–Crippen LogP) is 4.43. The summed E-state index contributed by atoms with van der Waals surface area (Å²) in [7, 11) is 4.89. The number of ether oxygens (including phenoxy) is 3. The van der Waals surface area contributed by atoms with Gasteiger partial charge in [-0.3, -0.25) is 14.0 Å². The molecular weight excluding hydrogens is 486 g/mol. The van der Waals surface area contributed by atoms with E-state index in [9.17, 15) is 4.79 Å². The molecule has 11 nitrogen and oxygen atoms in total. The Morgan fingerprint density at radius 2 is 1.74 bits per heavy atom. The number of hydrogen-bond donors (Lipinski definition) is 1. The molecule has 0 fully saturated rings. The van der Waals surface area contributed by atoms with E-state index >= 15 is 0 Å². The molecule has 11 heteroatoms. The summed E-state index contributed by atoms with van der Waals surface area (Å²) in [6, 6.07) is 15.9. The van der Waals surface area contributed by atoms with Gasteiger partial charge in [-0.25, -0.2) is 9.97 Å². The van der Waals surface area contributed by atoms with E-state index in [1.165, 1.54) is 4.68 Å². The van der Waals surface area contributed by atoms with E-state index in [4.69, 9.17) is 14.2 Å². The Morgan fingerprint density at radius 3 is 2.45 bits per heavy atom. The summed E-state index contributed by atoms with van der Waals surface area (Å²) >= 11 is 0. The third-order valence-corrected chi connectivity index (χ3v) is 5.70. The third-order valence-electron chi connectivity index (χ3n) is 5.70. The highest BCUT2D eigenvalue weighted by Crippen LogP contribution is 2.33. The Hall–Kier alpha value is -5.19. The molecule has 0 atom stereocenters. The smallest absolute Gasteiger partial charge is 0.273 e. The van der Waals surface area contributed by atoms with Gasteiger partial charge in [-0.05, 0) is 55.5 Å². The number of amides is 1. The van der Waals surface area contributed by atoms with Crippen LogP contribution in [-0.4, -0.2) is 49.4 Å². The molecule has 0 aliphatic carbocycles. The molecular formula is C27H25N7O4. The molecule has 3 heterocycles. The lowest BCUT2D eigenvalue weighted by Crippen LogP contribution is -2.15. The fraction of sp³-hybridized carbons (Fsp3) is 0.148. The van der Waals surface area contributed by atoms with Crippen molar-refractivity contribution in [3.05, 3.63) is 84.8 Å². The summed E-state index contributed by atoms with van der Waals surface area (Å²) < 4.78 is 20.0. The molecule has 3 aromatic heterocycles. The Balaban J connectivity index is 1.30. The topological polar surface area (TPSA) is 118 Å². The van der Waals surface area contributed by atoms with Crippen LogP contribution < -0.4 is 19.5 Å². The van der Waals surface area contributed by atoms with Crippen molar-refractivity contribution in [2.24, 2.45) is 7.05 Å². The van der Waals surface area contributed by atoms with E-state index in [0.717, 1.165) is 5.56 Å². The fourth-order valence-electron chi connectivity index (χ4n) is 3.85. The summed E-state index contributed by atoms with van der Waals surface area (Å²) in [4.78, 5) is 25.8. The largest absolute Gasteiger partial charge is 0.497 e. The number of aromatic nitrogens is 6. The lowest BCUT2D eigenvalue weighted by molar-refractivity contribution is 0.101. The van der Waals surface area contributed by atoms with Crippen LogP contribution in [0.2, 0.25) is 0 Å². The van der Waals surface area contributed by atoms with Crippen molar-refractivity contribution in [1.82, 2.24) is 29.3 Å². The molecule has 0 radical (unpaired) electrons. The van der Waals surface area contributed by atoms with E-state index in [-0.39, 0.29) is 5.91 Å². The van der Waals surface area contributed by atoms with Crippen molar-refractivity contribution in [2.75, 3.05) is 19.5 Å². The van der Waals surface area contributed by atoms with Crippen molar-refractivity contribution in [2.45, 2.75) is 6.92 Å². The number of anilines is 1. The summed E-state index contributed by atoms with van der Waals surface area (Å²) in [5, 5.41) is 7.40. The highest BCUT2D eigenvalue weighted by Gasteiger charge is 2.18. The maximum absolute atomic E-state index is 13.0. The molecule has 0 spiro atoms. The lowest BCUT2D eigenvalue weighted by atomic mass is 10.1. The standard InChI is InChI=1S/C27H25N7O4/c1-17-29-25(34-12-11-28-16-34)15-26(30-17)38-19-7-5-18(6-8-19)31-27(35)23-14-22(32-33(23)2)21-13-20(36-3)9-10-24(21)37-4/h5-16H,1-4H3,(H,31,35). The monoisotopic (exact) mass is 511 g/mol. The van der Waals surface area contributed by atoms with E-state index in [1.807, 2.05) is 6.07 Å². The van der Waals surface area contributed by atoms with Crippen LogP contribution in [0.3, 0.4) is 0 Å². The first-order chi connectivity index (χ1) is 18.4. The predicted molar refractivity (Wildman–Crippen MR) is 140 cm³/mol. The maximum Gasteiger partial charge on any atom is 0.273 e. The van der Waals surface area contributed by atoms with Gasteiger partial charge >= 0.3 is 0 Å². The number of carbonyl (C=O) groups excluding carboxylic acids is 1. The second-order valence-electron chi connectivity index (χ2n) is 8.27. The molecule has 1 N–H and O–H groups in total. The van der Waals surface area contributed by atoms with Gasteiger partial charge < -0.3 is 19.5 Å². The Morgan fingerprint density at radius 1 is 0.947 bits per heavy atom. The number of rotatable bonds is 8. The molecule has 0 aliphatic rings. The average molecular weight is 512 g/mol. The maximum atomic E-state index is 13.0. The number of imidazole rings is 1. The summed E-state index contributed by atoms with van der Waals surface area (Å²) in [5.74, 6) is 3.16. The second kappa shape index (κ2) is 10.4. The summed E-state index contributed by atoms with van der Waals surface area (Å²) in [5.41, 5.74) is 2.29. The van der Waals surface area contributed by atoms with Crippen molar-refractivity contribution in [1.29, 1.82) is 0 Å². The highest BCUT2D eigenvalue weighted by atomic mass is 16.5. The van der Waals surface area contributed by atoms with Crippen LogP contribution in [-0.2, 0) is 7.05 Å². The fourth-order valence-corrected chi connectivity index (χ4v) is 3.85. The zero-order chi connectivity index (χ0) is 26.6. The molecule has 38 heavy (non-hydrogen) atoms. The molecule has 5 aromatic rings. The normalized spacial score (nSPS) is 10.7. The molecule has 0 saturated carbocycles.